The quantitative estimate of drug-likeness (QED) is 0.446. The van der Waals surface area contributed by atoms with Gasteiger partial charge in [-0.15, -0.1) is 10.2 Å². The fraction of sp³-hybridized carbons (Fsp3) is 0.778. The molecule has 0 radical (unpaired) electrons. The van der Waals surface area contributed by atoms with Crippen molar-refractivity contribution in [3.63, 3.8) is 0 Å². The third-order valence-corrected chi connectivity index (χ3v) is 2.22. The van der Waals surface area contributed by atoms with Crippen LogP contribution in [0.15, 0.2) is 0 Å². The van der Waals surface area contributed by atoms with Gasteiger partial charge in [0.1, 0.15) is 0 Å². The zero-order valence-corrected chi connectivity index (χ0v) is 10.3. The number of aromatic nitrogens is 4. The van der Waals surface area contributed by atoms with E-state index >= 15 is 0 Å². The van der Waals surface area contributed by atoms with Gasteiger partial charge in [-0.2, -0.15) is 4.80 Å². The van der Waals surface area contributed by atoms with Gasteiger partial charge in [0.2, 0.25) is 0 Å². The Morgan fingerprint density at radius 3 is 2.82 bits per heavy atom. The Morgan fingerprint density at radius 1 is 1.53 bits per heavy atom. The van der Waals surface area contributed by atoms with E-state index in [-0.39, 0.29) is 5.84 Å². The fourth-order valence-electron chi connectivity index (χ4n) is 1.36. The number of ether oxygens (including phenoxy) is 1. The smallest absolute Gasteiger partial charge is 0.188 e. The summed E-state index contributed by atoms with van der Waals surface area (Å²) < 4.78 is 5.03. The maximum atomic E-state index is 7.22. The van der Waals surface area contributed by atoms with Crippen LogP contribution in [0, 0.1) is 5.41 Å². The summed E-state index contributed by atoms with van der Waals surface area (Å²) in [7, 11) is 3.38. The summed E-state index contributed by atoms with van der Waals surface area (Å²) in [6.45, 7) is 2.65. The van der Waals surface area contributed by atoms with Crippen LogP contribution in [0.5, 0.6) is 0 Å². The molecule has 0 bridgehead atoms. The van der Waals surface area contributed by atoms with E-state index in [0.717, 1.165) is 6.54 Å². The van der Waals surface area contributed by atoms with Crippen LogP contribution < -0.4 is 5.73 Å². The van der Waals surface area contributed by atoms with E-state index in [1.54, 1.807) is 14.2 Å². The number of hydrogen-bond acceptors (Lipinski definition) is 6. The molecule has 8 nitrogen and oxygen atoms in total. The average molecular weight is 241 g/mol. The Labute approximate surface area is 100 Å². The van der Waals surface area contributed by atoms with Gasteiger partial charge in [-0.3, -0.25) is 10.3 Å². The van der Waals surface area contributed by atoms with Crippen molar-refractivity contribution in [3.05, 3.63) is 5.82 Å². The first-order valence-corrected chi connectivity index (χ1v) is 5.39. The van der Waals surface area contributed by atoms with Crippen LogP contribution in [-0.4, -0.2) is 57.7 Å². The largest absolute Gasteiger partial charge is 0.388 e. The lowest BCUT2D eigenvalue weighted by atomic mass is 10.3. The standard InChI is InChI=1S/C9H19N7O/c1-15-13-9(12-14-15)7-16(5-6-17-2)4-3-8(10)11/h3-7H2,1-2H3,(H3,10,11). The molecule has 0 aliphatic heterocycles. The number of nitrogens with two attached hydrogens (primary N) is 1. The molecular weight excluding hydrogens is 222 g/mol. The molecule has 8 heteroatoms. The summed E-state index contributed by atoms with van der Waals surface area (Å²) in [6.07, 6.45) is 0.532. The maximum Gasteiger partial charge on any atom is 0.188 e. The molecule has 0 unspecified atom stereocenters. The number of nitrogens with one attached hydrogen (secondary N) is 1. The zero-order chi connectivity index (χ0) is 12.7. The first-order chi connectivity index (χ1) is 8.11. The molecule has 1 aromatic rings. The molecule has 0 atom stereocenters. The first-order valence-electron chi connectivity index (χ1n) is 5.39. The fourth-order valence-corrected chi connectivity index (χ4v) is 1.36. The van der Waals surface area contributed by atoms with Crippen LogP contribution in [0.3, 0.4) is 0 Å². The molecule has 0 fully saturated rings. The molecule has 0 aliphatic rings. The second-order valence-corrected chi connectivity index (χ2v) is 3.74. The molecule has 0 amide bonds. The van der Waals surface area contributed by atoms with Crippen LogP contribution in [-0.2, 0) is 18.3 Å². The second-order valence-electron chi connectivity index (χ2n) is 3.74. The predicted molar refractivity (Wildman–Crippen MR) is 62.5 cm³/mol. The van der Waals surface area contributed by atoms with Crippen molar-refractivity contribution in [1.29, 1.82) is 5.41 Å². The van der Waals surface area contributed by atoms with Crippen LogP contribution >= 0.6 is 0 Å². The first kappa shape index (κ1) is 13.5. The van der Waals surface area contributed by atoms with E-state index in [4.69, 9.17) is 15.9 Å². The minimum atomic E-state index is 0.180. The Morgan fingerprint density at radius 2 is 2.29 bits per heavy atom. The minimum Gasteiger partial charge on any atom is -0.388 e. The number of hydrogen-bond donors (Lipinski definition) is 2. The van der Waals surface area contributed by atoms with Gasteiger partial charge in [0.05, 0.1) is 26.0 Å². The zero-order valence-electron chi connectivity index (χ0n) is 10.3. The van der Waals surface area contributed by atoms with Crippen molar-refractivity contribution in [2.24, 2.45) is 12.8 Å². The predicted octanol–water partition coefficient (Wildman–Crippen LogP) is -1.02. The van der Waals surface area contributed by atoms with Crippen LogP contribution in [0.2, 0.25) is 0 Å². The van der Waals surface area contributed by atoms with Gasteiger partial charge in [0, 0.05) is 26.6 Å². The monoisotopic (exact) mass is 241 g/mol. The molecule has 0 saturated carbocycles. The van der Waals surface area contributed by atoms with Gasteiger partial charge < -0.3 is 10.5 Å². The lowest BCUT2D eigenvalue weighted by Crippen LogP contribution is -2.31. The summed E-state index contributed by atoms with van der Waals surface area (Å²) in [5, 5.41) is 19.0. The van der Waals surface area contributed by atoms with Gasteiger partial charge in [-0.25, -0.2) is 0 Å². The van der Waals surface area contributed by atoms with Crippen molar-refractivity contribution in [2.75, 3.05) is 26.8 Å². The van der Waals surface area contributed by atoms with E-state index in [1.807, 2.05) is 0 Å². The van der Waals surface area contributed by atoms with E-state index < -0.39 is 0 Å². The number of methoxy groups -OCH3 is 1. The molecule has 0 saturated heterocycles. The highest BCUT2D eigenvalue weighted by Gasteiger charge is 2.09. The van der Waals surface area contributed by atoms with Crippen molar-refractivity contribution in [2.45, 2.75) is 13.0 Å². The third kappa shape index (κ3) is 5.36. The molecule has 3 N–H and O–H groups in total. The normalized spacial score (nSPS) is 11.0. The second kappa shape index (κ2) is 6.92. The highest BCUT2D eigenvalue weighted by Crippen LogP contribution is 1.98. The van der Waals surface area contributed by atoms with Crippen LogP contribution in [0.4, 0.5) is 0 Å². The van der Waals surface area contributed by atoms with Gasteiger partial charge >= 0.3 is 0 Å². The summed E-state index contributed by atoms with van der Waals surface area (Å²) in [6, 6.07) is 0. The summed E-state index contributed by atoms with van der Waals surface area (Å²) >= 11 is 0. The maximum absolute atomic E-state index is 7.22. The van der Waals surface area contributed by atoms with Crippen molar-refractivity contribution in [3.8, 4) is 0 Å². The molecule has 0 aliphatic carbocycles. The highest BCUT2D eigenvalue weighted by molar-refractivity contribution is 5.76. The topological polar surface area (TPSA) is 106 Å². The molecule has 96 valence electrons. The molecule has 17 heavy (non-hydrogen) atoms. The lowest BCUT2D eigenvalue weighted by molar-refractivity contribution is 0.144. The van der Waals surface area contributed by atoms with Crippen LogP contribution in [0.1, 0.15) is 12.2 Å². The van der Waals surface area contributed by atoms with Gasteiger partial charge in [-0.05, 0) is 5.21 Å². The molecule has 0 aromatic carbocycles. The highest BCUT2D eigenvalue weighted by atomic mass is 16.5. The number of rotatable bonds is 8. The third-order valence-electron chi connectivity index (χ3n) is 2.22. The number of nitrogens with zero attached hydrogens (tertiary/aromatic N) is 5. The van der Waals surface area contributed by atoms with E-state index in [9.17, 15) is 0 Å². The SMILES string of the molecule is COCCN(CCC(=N)N)Cc1nnn(C)n1. The number of amidine groups is 1. The van der Waals surface area contributed by atoms with E-state index in [0.29, 0.717) is 31.9 Å². The number of tetrazole rings is 1. The Kier molecular flexibility index (Phi) is 5.50. The average Bonchev–Trinajstić information content (AvgIpc) is 2.68. The van der Waals surface area contributed by atoms with Crippen molar-refractivity contribution < 1.29 is 4.74 Å². The van der Waals surface area contributed by atoms with Gasteiger partial charge in [0.15, 0.2) is 5.82 Å². The molecule has 1 heterocycles. The summed E-state index contributed by atoms with van der Waals surface area (Å²) in [5.74, 6) is 0.840. The molecule has 0 spiro atoms. The Bertz CT molecular complexity index is 351. The molecule has 1 rings (SSSR count). The van der Waals surface area contributed by atoms with Crippen molar-refractivity contribution in [1.82, 2.24) is 25.1 Å². The van der Waals surface area contributed by atoms with E-state index in [1.165, 1.54) is 4.80 Å². The summed E-state index contributed by atoms with van der Waals surface area (Å²) in [4.78, 5) is 3.51. The van der Waals surface area contributed by atoms with Crippen molar-refractivity contribution >= 4 is 5.84 Å². The summed E-state index contributed by atoms with van der Waals surface area (Å²) in [5.41, 5.74) is 5.34. The molecular formula is C9H19N7O. The Balaban J connectivity index is 2.47. The van der Waals surface area contributed by atoms with Gasteiger partial charge in [0.25, 0.3) is 0 Å². The van der Waals surface area contributed by atoms with E-state index in [2.05, 4.69) is 20.3 Å². The number of aryl methyl sites for hydroxylation is 1. The lowest BCUT2D eigenvalue weighted by Gasteiger charge is -2.19. The van der Waals surface area contributed by atoms with Crippen LogP contribution in [0.25, 0.3) is 0 Å². The Hall–Kier alpha value is -1.54. The molecule has 1 aromatic heterocycles. The minimum absolute atomic E-state index is 0.180. The van der Waals surface area contributed by atoms with Gasteiger partial charge in [-0.1, -0.05) is 0 Å².